The quantitative estimate of drug-likeness (QED) is 0.0626. The van der Waals surface area contributed by atoms with Crippen LogP contribution in [-0.2, 0) is 23.9 Å². The fraction of sp³-hybridized carbons (Fsp3) is 0.912. The zero-order chi connectivity index (χ0) is 30.2. The average molecular weight is 601 g/mol. The predicted octanol–water partition coefficient (Wildman–Crippen LogP) is 9.49. The molecule has 0 rings (SSSR count). The summed E-state index contributed by atoms with van der Waals surface area (Å²) in [6.07, 6.45) is 27.7. The molecule has 1 N–H and O–H groups in total. The zero-order valence-electron chi connectivity index (χ0n) is 26.8. The van der Waals surface area contributed by atoms with Crippen molar-refractivity contribution in [2.45, 2.75) is 180 Å². The van der Waals surface area contributed by atoms with Crippen LogP contribution >= 0.6 is 11.8 Å². The molecule has 0 saturated carbocycles. The van der Waals surface area contributed by atoms with E-state index in [1.807, 2.05) is 0 Å². The van der Waals surface area contributed by atoms with Crippen molar-refractivity contribution in [3.63, 3.8) is 0 Å². The summed E-state index contributed by atoms with van der Waals surface area (Å²) in [7, 11) is 0. The van der Waals surface area contributed by atoms with Crippen molar-refractivity contribution < 1.29 is 29.0 Å². The number of esters is 2. The van der Waals surface area contributed by atoms with Crippen molar-refractivity contribution in [2.75, 3.05) is 19.0 Å². The molecule has 1 atom stereocenters. The Labute approximate surface area is 256 Å². The molecule has 0 heterocycles. The number of ether oxygens (including phenoxy) is 2. The molecule has 0 bridgehead atoms. The first-order chi connectivity index (χ1) is 20.0. The standard InChI is InChI=1S/C34H64O6S/c1-3-4-5-6-7-8-14-18-21-24-27-34(38)40-32(29-35)30-39-33(37)26-23-20-17-15-12-10-9-11-13-16-19-22-25-28-41-31(2)36/h32,35H,3-30H2,1-2H3/t32-/m0/s1. The Bertz CT molecular complexity index is 612. The van der Waals surface area contributed by atoms with Gasteiger partial charge >= 0.3 is 11.9 Å². The Hall–Kier alpha value is -1.08. The monoisotopic (exact) mass is 600 g/mol. The van der Waals surface area contributed by atoms with Gasteiger partial charge in [0.2, 0.25) is 0 Å². The van der Waals surface area contributed by atoms with Gasteiger partial charge in [-0.2, -0.15) is 0 Å². The zero-order valence-corrected chi connectivity index (χ0v) is 27.6. The highest BCUT2D eigenvalue weighted by Gasteiger charge is 2.16. The van der Waals surface area contributed by atoms with E-state index in [-0.39, 0.29) is 30.3 Å². The van der Waals surface area contributed by atoms with Crippen LogP contribution in [0, 0.1) is 0 Å². The fourth-order valence-corrected chi connectivity index (χ4v) is 5.55. The Morgan fingerprint density at radius 2 is 0.976 bits per heavy atom. The second kappa shape index (κ2) is 31.8. The second-order valence-electron chi connectivity index (χ2n) is 11.6. The van der Waals surface area contributed by atoms with Gasteiger partial charge in [0.25, 0.3) is 0 Å². The minimum Gasteiger partial charge on any atom is -0.462 e. The molecular weight excluding hydrogens is 536 g/mol. The second-order valence-corrected chi connectivity index (χ2v) is 12.9. The van der Waals surface area contributed by atoms with Crippen LogP contribution in [0.3, 0.4) is 0 Å². The number of carbonyl (C=O) groups is 3. The molecule has 0 amide bonds. The SMILES string of the molecule is CCCCCCCCCCCCC(=O)O[C@@H](CO)COC(=O)CCCCCCCCCCCCCCCSC(C)=O. The van der Waals surface area contributed by atoms with Crippen molar-refractivity contribution in [1.82, 2.24) is 0 Å². The van der Waals surface area contributed by atoms with Crippen LogP contribution < -0.4 is 0 Å². The molecule has 0 aromatic heterocycles. The number of rotatable bonds is 31. The third-order valence-corrected chi connectivity index (χ3v) is 8.40. The lowest BCUT2D eigenvalue weighted by Crippen LogP contribution is -2.28. The van der Waals surface area contributed by atoms with E-state index in [4.69, 9.17) is 9.47 Å². The summed E-state index contributed by atoms with van der Waals surface area (Å²) < 4.78 is 10.5. The molecular formula is C34H64O6S. The maximum absolute atomic E-state index is 12.1. The molecule has 0 aromatic rings. The lowest BCUT2D eigenvalue weighted by atomic mass is 10.0. The van der Waals surface area contributed by atoms with E-state index in [0.29, 0.717) is 12.8 Å². The Morgan fingerprint density at radius 1 is 0.585 bits per heavy atom. The number of aliphatic hydroxyl groups excluding tert-OH is 1. The molecule has 7 heteroatoms. The topological polar surface area (TPSA) is 89.9 Å². The van der Waals surface area contributed by atoms with Gasteiger partial charge in [-0.15, -0.1) is 0 Å². The van der Waals surface area contributed by atoms with E-state index in [2.05, 4.69) is 6.92 Å². The molecule has 242 valence electrons. The van der Waals surface area contributed by atoms with Crippen LogP contribution in [-0.4, -0.2) is 47.2 Å². The molecule has 6 nitrogen and oxygen atoms in total. The lowest BCUT2D eigenvalue weighted by Gasteiger charge is -2.15. The molecule has 0 spiro atoms. The van der Waals surface area contributed by atoms with Gasteiger partial charge in [0, 0.05) is 25.5 Å². The smallest absolute Gasteiger partial charge is 0.306 e. The fourth-order valence-electron chi connectivity index (χ4n) is 4.92. The van der Waals surface area contributed by atoms with Gasteiger partial charge in [-0.3, -0.25) is 14.4 Å². The van der Waals surface area contributed by atoms with Crippen LogP contribution in [0.4, 0.5) is 0 Å². The molecule has 0 aliphatic rings. The molecule has 0 aliphatic heterocycles. The van der Waals surface area contributed by atoms with Gasteiger partial charge < -0.3 is 14.6 Å². The maximum Gasteiger partial charge on any atom is 0.306 e. The number of hydrogen-bond acceptors (Lipinski definition) is 7. The summed E-state index contributed by atoms with van der Waals surface area (Å²) in [5.74, 6) is 0.361. The highest BCUT2D eigenvalue weighted by molar-refractivity contribution is 8.13. The van der Waals surface area contributed by atoms with Gasteiger partial charge in [0.1, 0.15) is 6.61 Å². The summed E-state index contributed by atoms with van der Waals surface area (Å²) in [6, 6.07) is 0. The van der Waals surface area contributed by atoms with Crippen LogP contribution in [0.15, 0.2) is 0 Å². The molecule has 0 fully saturated rings. The van der Waals surface area contributed by atoms with Gasteiger partial charge in [-0.05, 0) is 19.3 Å². The summed E-state index contributed by atoms with van der Waals surface area (Å²) in [6.45, 7) is 3.47. The number of aliphatic hydroxyl groups is 1. The van der Waals surface area contributed by atoms with Gasteiger partial charge in [0.15, 0.2) is 11.2 Å². The highest BCUT2D eigenvalue weighted by Crippen LogP contribution is 2.15. The summed E-state index contributed by atoms with van der Waals surface area (Å²) in [4.78, 5) is 35.0. The molecule has 0 aromatic carbocycles. The largest absolute Gasteiger partial charge is 0.462 e. The summed E-state index contributed by atoms with van der Waals surface area (Å²) in [5.41, 5.74) is 0. The maximum atomic E-state index is 12.1. The van der Waals surface area contributed by atoms with Crippen molar-refractivity contribution in [3.8, 4) is 0 Å². The molecule has 0 saturated heterocycles. The van der Waals surface area contributed by atoms with E-state index in [0.717, 1.165) is 50.7 Å². The van der Waals surface area contributed by atoms with E-state index in [9.17, 15) is 19.5 Å². The van der Waals surface area contributed by atoms with Crippen LogP contribution in [0.2, 0.25) is 0 Å². The van der Waals surface area contributed by atoms with Crippen LogP contribution in [0.5, 0.6) is 0 Å². The van der Waals surface area contributed by atoms with Crippen molar-refractivity contribution in [1.29, 1.82) is 0 Å². The molecule has 0 unspecified atom stereocenters. The predicted molar refractivity (Wildman–Crippen MR) is 172 cm³/mol. The van der Waals surface area contributed by atoms with E-state index < -0.39 is 6.10 Å². The minimum atomic E-state index is -0.772. The number of unbranched alkanes of at least 4 members (excludes halogenated alkanes) is 21. The van der Waals surface area contributed by atoms with E-state index in [1.54, 1.807) is 6.92 Å². The summed E-state index contributed by atoms with van der Waals surface area (Å²) >= 11 is 1.44. The van der Waals surface area contributed by atoms with Crippen LogP contribution in [0.1, 0.15) is 174 Å². The first-order valence-corrected chi connectivity index (χ1v) is 18.1. The Morgan fingerprint density at radius 3 is 1.39 bits per heavy atom. The lowest BCUT2D eigenvalue weighted by molar-refractivity contribution is -0.161. The first kappa shape index (κ1) is 39.9. The highest BCUT2D eigenvalue weighted by atomic mass is 32.2. The van der Waals surface area contributed by atoms with Crippen molar-refractivity contribution >= 4 is 28.8 Å². The number of thioether (sulfide) groups is 1. The van der Waals surface area contributed by atoms with E-state index in [1.165, 1.54) is 114 Å². The molecule has 0 aliphatic carbocycles. The average Bonchev–Trinajstić information content (AvgIpc) is 2.95. The van der Waals surface area contributed by atoms with Gasteiger partial charge in [-0.25, -0.2) is 0 Å². The number of hydrogen-bond donors (Lipinski definition) is 1. The third kappa shape index (κ3) is 31.7. The number of carbonyl (C=O) groups excluding carboxylic acids is 3. The Balaban J connectivity index is 3.50. The normalized spacial score (nSPS) is 11.9. The Kier molecular flexibility index (Phi) is 31.0. The molecule has 0 radical (unpaired) electrons. The van der Waals surface area contributed by atoms with Crippen LogP contribution in [0.25, 0.3) is 0 Å². The van der Waals surface area contributed by atoms with Crippen molar-refractivity contribution in [2.24, 2.45) is 0 Å². The van der Waals surface area contributed by atoms with Gasteiger partial charge in [-0.1, -0.05) is 147 Å². The van der Waals surface area contributed by atoms with Crippen molar-refractivity contribution in [3.05, 3.63) is 0 Å². The molecule has 41 heavy (non-hydrogen) atoms. The summed E-state index contributed by atoms with van der Waals surface area (Å²) in [5, 5.41) is 9.71. The third-order valence-electron chi connectivity index (χ3n) is 7.50. The van der Waals surface area contributed by atoms with E-state index >= 15 is 0 Å². The first-order valence-electron chi connectivity index (χ1n) is 17.1. The minimum absolute atomic E-state index is 0.0714. The van der Waals surface area contributed by atoms with Gasteiger partial charge in [0.05, 0.1) is 6.61 Å².